The van der Waals surface area contributed by atoms with Crippen LogP contribution in [0.1, 0.15) is 35.7 Å². The molecule has 0 radical (unpaired) electrons. The summed E-state index contributed by atoms with van der Waals surface area (Å²) < 4.78 is 26.7. The van der Waals surface area contributed by atoms with E-state index in [2.05, 4.69) is 15.0 Å². The Morgan fingerprint density at radius 2 is 1.75 bits per heavy atom. The first kappa shape index (κ1) is 18.1. The lowest BCUT2D eigenvalue weighted by Gasteiger charge is -2.08. The van der Waals surface area contributed by atoms with Gasteiger partial charge in [0.05, 0.1) is 4.90 Å². The van der Waals surface area contributed by atoms with Crippen molar-refractivity contribution in [1.29, 1.82) is 0 Å². The van der Waals surface area contributed by atoms with Gasteiger partial charge in [-0.1, -0.05) is 13.3 Å². The van der Waals surface area contributed by atoms with Crippen molar-refractivity contribution in [2.24, 2.45) is 0 Å². The number of rotatable bonds is 8. The first-order valence-electron chi connectivity index (χ1n) is 7.80. The van der Waals surface area contributed by atoms with E-state index in [1.165, 1.54) is 24.3 Å². The van der Waals surface area contributed by atoms with E-state index >= 15 is 0 Å². The second kappa shape index (κ2) is 8.56. The van der Waals surface area contributed by atoms with Crippen molar-refractivity contribution in [3.63, 3.8) is 0 Å². The van der Waals surface area contributed by atoms with Crippen LogP contribution in [-0.2, 0) is 16.6 Å². The molecule has 1 aromatic heterocycles. The minimum atomic E-state index is -3.52. The molecule has 128 valence electrons. The molecule has 1 amide bonds. The van der Waals surface area contributed by atoms with Gasteiger partial charge in [0.15, 0.2) is 0 Å². The van der Waals surface area contributed by atoms with E-state index in [1.807, 2.05) is 19.1 Å². The number of sulfonamides is 1. The molecule has 2 aromatic rings. The Balaban J connectivity index is 1.97. The molecular formula is C17H21N3O3S. The van der Waals surface area contributed by atoms with Crippen LogP contribution in [0.3, 0.4) is 0 Å². The predicted octanol–water partition coefficient (Wildman–Crippen LogP) is 2.09. The summed E-state index contributed by atoms with van der Waals surface area (Å²) in [5.41, 5.74) is 1.36. The van der Waals surface area contributed by atoms with Crippen LogP contribution >= 0.6 is 0 Å². The number of benzene rings is 1. The molecule has 0 unspecified atom stereocenters. The van der Waals surface area contributed by atoms with Crippen LogP contribution in [0, 0.1) is 0 Å². The average Bonchev–Trinajstić information content (AvgIpc) is 2.61. The number of aromatic nitrogens is 1. The summed E-state index contributed by atoms with van der Waals surface area (Å²) in [7, 11) is -3.52. The molecule has 0 aliphatic rings. The Morgan fingerprint density at radius 1 is 1.08 bits per heavy atom. The molecule has 6 nitrogen and oxygen atoms in total. The molecule has 0 spiro atoms. The summed E-state index contributed by atoms with van der Waals surface area (Å²) in [6, 6.07) is 9.54. The largest absolute Gasteiger partial charge is 0.348 e. The Bertz CT molecular complexity index is 759. The second-order valence-electron chi connectivity index (χ2n) is 5.31. The Kier molecular flexibility index (Phi) is 6.45. The molecule has 0 aliphatic carbocycles. The van der Waals surface area contributed by atoms with Gasteiger partial charge in [0.2, 0.25) is 10.0 Å². The SMILES string of the molecule is CCCCNS(=O)(=O)c1ccc(C(=O)NCc2ccncc2)cc1. The van der Waals surface area contributed by atoms with Crippen molar-refractivity contribution in [3.05, 3.63) is 59.9 Å². The molecule has 0 bridgehead atoms. The van der Waals surface area contributed by atoms with Crippen LogP contribution < -0.4 is 10.0 Å². The molecule has 0 aliphatic heterocycles. The number of amides is 1. The third-order valence-corrected chi connectivity index (χ3v) is 4.93. The highest BCUT2D eigenvalue weighted by atomic mass is 32.2. The van der Waals surface area contributed by atoms with Crippen LogP contribution in [0.25, 0.3) is 0 Å². The van der Waals surface area contributed by atoms with E-state index in [-0.39, 0.29) is 10.8 Å². The lowest BCUT2D eigenvalue weighted by Crippen LogP contribution is -2.25. The van der Waals surface area contributed by atoms with E-state index < -0.39 is 10.0 Å². The lowest BCUT2D eigenvalue weighted by molar-refractivity contribution is 0.0951. The molecule has 0 saturated carbocycles. The zero-order valence-electron chi connectivity index (χ0n) is 13.5. The van der Waals surface area contributed by atoms with Gasteiger partial charge in [0.25, 0.3) is 5.91 Å². The lowest BCUT2D eigenvalue weighted by atomic mass is 10.2. The highest BCUT2D eigenvalue weighted by Gasteiger charge is 2.14. The maximum Gasteiger partial charge on any atom is 0.251 e. The molecule has 1 heterocycles. The predicted molar refractivity (Wildman–Crippen MR) is 91.9 cm³/mol. The van der Waals surface area contributed by atoms with Gasteiger partial charge in [-0.15, -0.1) is 0 Å². The van der Waals surface area contributed by atoms with Crippen LogP contribution in [-0.4, -0.2) is 25.9 Å². The fourth-order valence-corrected chi connectivity index (χ4v) is 3.11. The van der Waals surface area contributed by atoms with Crippen molar-refractivity contribution in [2.75, 3.05) is 6.54 Å². The van der Waals surface area contributed by atoms with Gasteiger partial charge in [-0.2, -0.15) is 0 Å². The van der Waals surface area contributed by atoms with Crippen molar-refractivity contribution >= 4 is 15.9 Å². The van der Waals surface area contributed by atoms with Crippen LogP contribution in [0.5, 0.6) is 0 Å². The molecule has 7 heteroatoms. The van der Waals surface area contributed by atoms with Crippen LogP contribution in [0.15, 0.2) is 53.7 Å². The zero-order chi connectivity index (χ0) is 17.4. The Hall–Kier alpha value is -2.25. The highest BCUT2D eigenvalue weighted by molar-refractivity contribution is 7.89. The molecule has 2 rings (SSSR count). The van der Waals surface area contributed by atoms with E-state index in [1.54, 1.807) is 12.4 Å². The summed E-state index contributed by atoms with van der Waals surface area (Å²) in [5.74, 6) is -0.255. The molecule has 24 heavy (non-hydrogen) atoms. The molecule has 0 fully saturated rings. The van der Waals surface area contributed by atoms with E-state index in [0.717, 1.165) is 18.4 Å². The van der Waals surface area contributed by atoms with E-state index in [4.69, 9.17) is 0 Å². The maximum absolute atomic E-state index is 12.1. The fraction of sp³-hybridized carbons (Fsp3) is 0.294. The number of carbonyl (C=O) groups excluding carboxylic acids is 1. The Labute approximate surface area is 142 Å². The maximum atomic E-state index is 12.1. The summed E-state index contributed by atoms with van der Waals surface area (Å²) in [6.45, 7) is 2.79. The van der Waals surface area contributed by atoms with Crippen molar-refractivity contribution in [2.45, 2.75) is 31.2 Å². The van der Waals surface area contributed by atoms with Crippen LogP contribution in [0.2, 0.25) is 0 Å². The zero-order valence-corrected chi connectivity index (χ0v) is 14.3. The van der Waals surface area contributed by atoms with Gasteiger partial charge in [-0.05, 0) is 48.4 Å². The van der Waals surface area contributed by atoms with Gasteiger partial charge in [-0.25, -0.2) is 13.1 Å². The highest BCUT2D eigenvalue weighted by Crippen LogP contribution is 2.11. The summed E-state index contributed by atoms with van der Waals surface area (Å²) in [6.07, 6.45) is 5.02. The first-order valence-corrected chi connectivity index (χ1v) is 9.28. The monoisotopic (exact) mass is 347 g/mol. The van der Waals surface area contributed by atoms with Gasteiger partial charge in [0.1, 0.15) is 0 Å². The number of nitrogens with one attached hydrogen (secondary N) is 2. The standard InChI is InChI=1S/C17H21N3O3S/c1-2-3-10-20-24(22,23)16-6-4-15(5-7-16)17(21)19-13-14-8-11-18-12-9-14/h4-9,11-12,20H,2-3,10,13H2,1H3,(H,19,21). The van der Waals surface area contributed by atoms with Gasteiger partial charge >= 0.3 is 0 Å². The third-order valence-electron chi connectivity index (χ3n) is 3.45. The number of hydrogen-bond donors (Lipinski definition) is 2. The number of carbonyl (C=O) groups is 1. The third kappa shape index (κ3) is 5.14. The van der Waals surface area contributed by atoms with Crippen molar-refractivity contribution in [3.8, 4) is 0 Å². The second-order valence-corrected chi connectivity index (χ2v) is 7.08. The number of nitrogens with zero attached hydrogens (tertiary/aromatic N) is 1. The molecule has 0 atom stereocenters. The van der Waals surface area contributed by atoms with Crippen molar-refractivity contribution in [1.82, 2.24) is 15.0 Å². The van der Waals surface area contributed by atoms with Crippen molar-refractivity contribution < 1.29 is 13.2 Å². The summed E-state index contributed by atoms with van der Waals surface area (Å²) >= 11 is 0. The number of hydrogen-bond acceptors (Lipinski definition) is 4. The summed E-state index contributed by atoms with van der Waals surface area (Å²) in [5, 5.41) is 2.78. The quantitative estimate of drug-likeness (QED) is 0.716. The van der Waals surface area contributed by atoms with Gasteiger partial charge < -0.3 is 5.32 Å². The number of pyridine rings is 1. The minimum Gasteiger partial charge on any atom is -0.348 e. The van der Waals surface area contributed by atoms with Crippen LogP contribution in [0.4, 0.5) is 0 Å². The normalized spacial score (nSPS) is 11.2. The minimum absolute atomic E-state index is 0.157. The van der Waals surface area contributed by atoms with E-state index in [0.29, 0.717) is 18.7 Å². The van der Waals surface area contributed by atoms with Gasteiger partial charge in [-0.3, -0.25) is 9.78 Å². The van der Waals surface area contributed by atoms with E-state index in [9.17, 15) is 13.2 Å². The molecule has 2 N–H and O–H groups in total. The van der Waals surface area contributed by atoms with Gasteiger partial charge in [0, 0.05) is 31.0 Å². The number of unbranched alkanes of at least 4 members (excludes halogenated alkanes) is 1. The average molecular weight is 347 g/mol. The molecule has 1 aromatic carbocycles. The smallest absolute Gasteiger partial charge is 0.251 e. The fourth-order valence-electron chi connectivity index (χ4n) is 2.04. The molecular weight excluding hydrogens is 326 g/mol. The molecule has 0 saturated heterocycles. The Morgan fingerprint density at radius 3 is 2.38 bits per heavy atom. The topological polar surface area (TPSA) is 88.2 Å². The first-order chi connectivity index (χ1) is 11.5. The summed E-state index contributed by atoms with van der Waals surface area (Å²) in [4.78, 5) is 16.2.